The van der Waals surface area contributed by atoms with Gasteiger partial charge in [0.05, 0.1) is 0 Å². The first-order valence-corrected chi connectivity index (χ1v) is 5.49. The molecule has 0 saturated carbocycles. The van der Waals surface area contributed by atoms with Crippen LogP contribution in [0.15, 0.2) is 12.2 Å². The van der Waals surface area contributed by atoms with Gasteiger partial charge in [-0.3, -0.25) is 4.79 Å². The molecule has 1 N–H and O–H groups in total. The van der Waals surface area contributed by atoms with Gasteiger partial charge in [-0.2, -0.15) is 0 Å². The van der Waals surface area contributed by atoms with E-state index in [1.54, 1.807) is 0 Å². The maximum atomic E-state index is 12.0. The molecule has 1 saturated heterocycles. The van der Waals surface area contributed by atoms with Crippen LogP contribution in [0.25, 0.3) is 0 Å². The lowest BCUT2D eigenvalue weighted by Gasteiger charge is -2.24. The number of rotatable bonds is 5. The number of Topliss-reactive ketones (excluding diaryl/α,β-unsaturated/α-hetero) is 1. The highest BCUT2D eigenvalue weighted by molar-refractivity contribution is 5.85. The van der Waals surface area contributed by atoms with Crippen molar-refractivity contribution >= 4 is 5.78 Å². The normalized spacial score (nSPS) is 26.4. The van der Waals surface area contributed by atoms with E-state index in [0.29, 0.717) is 12.2 Å². The zero-order valence-electron chi connectivity index (χ0n) is 9.36. The highest BCUT2D eigenvalue weighted by Gasteiger charge is 2.38. The Morgan fingerprint density at radius 2 is 2.21 bits per heavy atom. The first-order chi connectivity index (χ1) is 6.60. The quantitative estimate of drug-likeness (QED) is 0.682. The van der Waals surface area contributed by atoms with Crippen molar-refractivity contribution in [2.75, 3.05) is 13.1 Å². The van der Waals surface area contributed by atoms with Crippen molar-refractivity contribution in [1.29, 1.82) is 0 Å². The summed E-state index contributed by atoms with van der Waals surface area (Å²) in [7, 11) is 0. The molecule has 1 atom stereocenters. The number of hydrogen-bond acceptors (Lipinski definition) is 2. The van der Waals surface area contributed by atoms with Crippen LogP contribution in [0.1, 0.15) is 39.5 Å². The van der Waals surface area contributed by atoms with E-state index in [4.69, 9.17) is 0 Å². The maximum Gasteiger partial charge on any atom is 0.140 e. The van der Waals surface area contributed by atoms with Crippen LogP contribution in [-0.2, 0) is 4.79 Å². The Morgan fingerprint density at radius 1 is 1.50 bits per heavy atom. The number of hydrogen-bond donors (Lipinski definition) is 1. The molecule has 1 aliphatic heterocycles. The largest absolute Gasteiger partial charge is 0.316 e. The van der Waals surface area contributed by atoms with Crippen LogP contribution < -0.4 is 5.32 Å². The predicted octanol–water partition coefficient (Wildman–Crippen LogP) is 2.30. The van der Waals surface area contributed by atoms with Gasteiger partial charge in [-0.05, 0) is 32.7 Å². The summed E-state index contributed by atoms with van der Waals surface area (Å²) < 4.78 is 0. The van der Waals surface area contributed by atoms with Crippen LogP contribution in [0.3, 0.4) is 0 Å². The summed E-state index contributed by atoms with van der Waals surface area (Å²) in [6.45, 7) is 9.80. The van der Waals surface area contributed by atoms with Crippen LogP contribution in [0.4, 0.5) is 0 Å². The molecule has 80 valence electrons. The second kappa shape index (κ2) is 4.74. The van der Waals surface area contributed by atoms with Crippen LogP contribution in [0.5, 0.6) is 0 Å². The molecule has 0 bridgehead atoms. The van der Waals surface area contributed by atoms with Gasteiger partial charge in [0.2, 0.25) is 0 Å². The van der Waals surface area contributed by atoms with Crippen LogP contribution in [-0.4, -0.2) is 18.9 Å². The fraction of sp³-hybridized carbons (Fsp3) is 0.750. The van der Waals surface area contributed by atoms with Crippen molar-refractivity contribution < 1.29 is 4.79 Å². The summed E-state index contributed by atoms with van der Waals surface area (Å²) in [5.74, 6) is 0.424. The second-order valence-corrected chi connectivity index (χ2v) is 4.44. The molecule has 1 heterocycles. The number of allylic oxidation sites excluding steroid dienone is 1. The van der Waals surface area contributed by atoms with E-state index in [0.717, 1.165) is 37.9 Å². The Hall–Kier alpha value is -0.630. The molecule has 0 radical (unpaired) electrons. The second-order valence-electron chi connectivity index (χ2n) is 4.44. The third-order valence-corrected chi connectivity index (χ3v) is 3.29. The number of ketones is 1. The van der Waals surface area contributed by atoms with Crippen molar-refractivity contribution in [3.8, 4) is 0 Å². The molecule has 1 fully saturated rings. The lowest BCUT2D eigenvalue weighted by Crippen LogP contribution is -2.32. The van der Waals surface area contributed by atoms with Crippen molar-refractivity contribution in [2.24, 2.45) is 5.41 Å². The zero-order chi connectivity index (χ0) is 10.6. The van der Waals surface area contributed by atoms with Gasteiger partial charge >= 0.3 is 0 Å². The van der Waals surface area contributed by atoms with Gasteiger partial charge in [-0.25, -0.2) is 0 Å². The third-order valence-electron chi connectivity index (χ3n) is 3.29. The van der Waals surface area contributed by atoms with E-state index in [-0.39, 0.29) is 5.41 Å². The average Bonchev–Trinajstić information content (AvgIpc) is 2.63. The molecule has 0 amide bonds. The fourth-order valence-corrected chi connectivity index (χ4v) is 2.07. The average molecular weight is 195 g/mol. The van der Waals surface area contributed by atoms with E-state index >= 15 is 0 Å². The highest BCUT2D eigenvalue weighted by atomic mass is 16.1. The van der Waals surface area contributed by atoms with Crippen LogP contribution in [0, 0.1) is 5.41 Å². The van der Waals surface area contributed by atoms with Crippen LogP contribution >= 0.6 is 0 Å². The molecule has 0 aromatic heterocycles. The SMILES string of the molecule is C=C(C)CCC(=O)C1(CC)CCNC1. The van der Waals surface area contributed by atoms with Gasteiger partial charge in [0.25, 0.3) is 0 Å². The summed E-state index contributed by atoms with van der Waals surface area (Å²) >= 11 is 0. The van der Waals surface area contributed by atoms with Crippen molar-refractivity contribution in [3.63, 3.8) is 0 Å². The summed E-state index contributed by atoms with van der Waals surface area (Å²) in [5.41, 5.74) is 1.05. The maximum absolute atomic E-state index is 12.0. The molecular formula is C12H21NO. The van der Waals surface area contributed by atoms with Gasteiger partial charge in [0.1, 0.15) is 5.78 Å². The lowest BCUT2D eigenvalue weighted by molar-refractivity contribution is -0.128. The fourth-order valence-electron chi connectivity index (χ4n) is 2.07. The van der Waals surface area contributed by atoms with Gasteiger partial charge in [-0.1, -0.05) is 12.5 Å². The molecule has 0 aliphatic carbocycles. The lowest BCUT2D eigenvalue weighted by atomic mass is 9.78. The van der Waals surface area contributed by atoms with E-state index in [2.05, 4.69) is 18.8 Å². The molecule has 2 nitrogen and oxygen atoms in total. The number of carbonyl (C=O) groups excluding carboxylic acids is 1. The minimum Gasteiger partial charge on any atom is -0.316 e. The van der Waals surface area contributed by atoms with Crippen molar-refractivity contribution in [2.45, 2.75) is 39.5 Å². The monoisotopic (exact) mass is 195 g/mol. The summed E-state index contributed by atoms with van der Waals surface area (Å²) in [5, 5.41) is 3.29. The molecule has 14 heavy (non-hydrogen) atoms. The summed E-state index contributed by atoms with van der Waals surface area (Å²) in [6, 6.07) is 0. The van der Waals surface area contributed by atoms with Gasteiger partial charge in [0.15, 0.2) is 0 Å². The Balaban J connectivity index is 2.52. The minimum absolute atomic E-state index is 0.0601. The molecule has 0 aromatic carbocycles. The molecule has 1 aliphatic rings. The Morgan fingerprint density at radius 3 is 2.64 bits per heavy atom. The smallest absolute Gasteiger partial charge is 0.140 e. The standard InChI is InChI=1S/C12H21NO/c1-4-12(7-8-13-9-12)11(14)6-5-10(2)3/h13H,2,4-9H2,1,3H3. The molecule has 1 unspecified atom stereocenters. The Bertz CT molecular complexity index is 226. The number of carbonyl (C=O) groups is 1. The summed E-state index contributed by atoms with van der Waals surface area (Å²) in [4.78, 5) is 12.0. The minimum atomic E-state index is -0.0601. The Labute approximate surface area is 86.8 Å². The van der Waals surface area contributed by atoms with E-state index < -0.39 is 0 Å². The first kappa shape index (κ1) is 11.4. The van der Waals surface area contributed by atoms with Gasteiger partial charge in [-0.15, -0.1) is 6.58 Å². The van der Waals surface area contributed by atoms with Gasteiger partial charge in [0, 0.05) is 18.4 Å². The summed E-state index contributed by atoms with van der Waals surface area (Å²) in [6.07, 6.45) is 3.50. The molecule has 1 rings (SSSR count). The van der Waals surface area contributed by atoms with Crippen molar-refractivity contribution in [1.82, 2.24) is 5.32 Å². The molecule has 0 spiro atoms. The first-order valence-electron chi connectivity index (χ1n) is 5.49. The van der Waals surface area contributed by atoms with E-state index in [1.807, 2.05) is 6.92 Å². The topological polar surface area (TPSA) is 29.1 Å². The van der Waals surface area contributed by atoms with E-state index in [1.165, 1.54) is 0 Å². The predicted molar refractivity (Wildman–Crippen MR) is 59.3 cm³/mol. The highest BCUT2D eigenvalue weighted by Crippen LogP contribution is 2.32. The van der Waals surface area contributed by atoms with Crippen LogP contribution in [0.2, 0.25) is 0 Å². The molecular weight excluding hydrogens is 174 g/mol. The molecule has 2 heteroatoms. The Kier molecular flexibility index (Phi) is 3.87. The third kappa shape index (κ3) is 2.44. The van der Waals surface area contributed by atoms with Gasteiger partial charge < -0.3 is 5.32 Å². The number of nitrogens with one attached hydrogen (secondary N) is 1. The van der Waals surface area contributed by atoms with Crippen molar-refractivity contribution in [3.05, 3.63) is 12.2 Å². The zero-order valence-corrected chi connectivity index (χ0v) is 9.36. The molecule has 0 aromatic rings. The van der Waals surface area contributed by atoms with E-state index in [9.17, 15) is 4.79 Å².